The van der Waals surface area contributed by atoms with E-state index in [1.165, 1.54) is 36.5 Å². The molecule has 2 rings (SSSR count). The molecule has 0 aromatic heterocycles. The first-order valence-electron chi connectivity index (χ1n) is 7.28. The molecule has 0 saturated carbocycles. The fraction of sp³-hybridized carbons (Fsp3) is 0.111. The molecule has 0 spiro atoms. The molecule has 0 amide bonds. The van der Waals surface area contributed by atoms with Crippen LogP contribution in [0.2, 0.25) is 0 Å². The van der Waals surface area contributed by atoms with Crippen molar-refractivity contribution in [1.82, 2.24) is 0 Å². The van der Waals surface area contributed by atoms with Crippen molar-refractivity contribution in [2.75, 3.05) is 0 Å². The molecule has 0 bridgehead atoms. The molecule has 0 saturated heterocycles. The van der Waals surface area contributed by atoms with Crippen LogP contribution in [0.25, 0.3) is 0 Å². The van der Waals surface area contributed by atoms with Crippen molar-refractivity contribution in [2.45, 2.75) is 12.8 Å². The predicted molar refractivity (Wildman–Crippen MR) is 91.4 cm³/mol. The van der Waals surface area contributed by atoms with Crippen molar-refractivity contribution < 1.29 is 19.2 Å². The first-order chi connectivity index (χ1) is 12.7. The summed E-state index contributed by atoms with van der Waals surface area (Å²) in [5.41, 5.74) is 2.80. The second-order valence-electron chi connectivity index (χ2n) is 5.03. The smallest absolute Gasteiger partial charge is 0.211 e. The summed E-state index contributed by atoms with van der Waals surface area (Å²) in [4.78, 5) is 55.9. The summed E-state index contributed by atoms with van der Waals surface area (Å²) < 4.78 is 0. The van der Waals surface area contributed by atoms with Gasteiger partial charge in [-0.05, 0) is 60.4 Å². The standard InChI is InChI=1S/C18H10N4O4/c23-9-19-15-3-13(4-16(7-15)20-10-24)1-2-14-5-17(21-11-25)8-18(6-14)22-12-26/h3-8H,1-2H2. The number of rotatable bonds is 7. The average molecular weight is 346 g/mol. The summed E-state index contributed by atoms with van der Waals surface area (Å²) >= 11 is 0. The average Bonchev–Trinajstić information content (AvgIpc) is 2.61. The summed E-state index contributed by atoms with van der Waals surface area (Å²) in [6.07, 6.45) is 6.74. The van der Waals surface area contributed by atoms with Gasteiger partial charge in [0.1, 0.15) is 0 Å². The SMILES string of the molecule is O=C=Nc1cc(CCc2cc(N=C=O)cc(N=C=O)c2)cc(N=C=O)c1. The predicted octanol–water partition coefficient (Wildman–Crippen LogP) is 3.34. The van der Waals surface area contributed by atoms with Crippen LogP contribution in [0, 0.1) is 0 Å². The van der Waals surface area contributed by atoms with Crippen LogP contribution in [0.1, 0.15) is 11.1 Å². The van der Waals surface area contributed by atoms with Gasteiger partial charge in [0.25, 0.3) is 0 Å². The Morgan fingerprint density at radius 2 is 0.769 bits per heavy atom. The van der Waals surface area contributed by atoms with Crippen LogP contribution >= 0.6 is 0 Å². The maximum absolute atomic E-state index is 10.4. The quantitative estimate of drug-likeness (QED) is 0.564. The first-order valence-corrected chi connectivity index (χ1v) is 7.28. The lowest BCUT2D eigenvalue weighted by Crippen LogP contribution is -1.91. The van der Waals surface area contributed by atoms with Crippen LogP contribution in [0.3, 0.4) is 0 Å². The Bertz CT molecular complexity index is 865. The maximum Gasteiger partial charge on any atom is 0.240 e. The van der Waals surface area contributed by atoms with Crippen molar-refractivity contribution >= 4 is 47.1 Å². The number of carbonyl (C=O) groups excluding carboxylic acids is 4. The molecular formula is C18H10N4O4. The van der Waals surface area contributed by atoms with Gasteiger partial charge in [-0.2, -0.15) is 20.0 Å². The van der Waals surface area contributed by atoms with Gasteiger partial charge in [-0.3, -0.25) is 0 Å². The zero-order valence-corrected chi connectivity index (χ0v) is 13.3. The molecule has 0 aliphatic rings. The molecule has 2 aromatic rings. The van der Waals surface area contributed by atoms with E-state index in [1.54, 1.807) is 24.3 Å². The fourth-order valence-corrected chi connectivity index (χ4v) is 2.36. The second kappa shape index (κ2) is 9.30. The highest BCUT2D eigenvalue weighted by Crippen LogP contribution is 2.26. The monoisotopic (exact) mass is 346 g/mol. The minimum Gasteiger partial charge on any atom is -0.211 e. The lowest BCUT2D eigenvalue weighted by Gasteiger charge is -2.06. The lowest BCUT2D eigenvalue weighted by molar-refractivity contribution is 0.564. The van der Waals surface area contributed by atoms with Crippen LogP contribution in [-0.2, 0) is 32.0 Å². The Labute approximate surface area is 147 Å². The highest BCUT2D eigenvalue weighted by atomic mass is 16.1. The highest BCUT2D eigenvalue weighted by molar-refractivity contribution is 5.61. The molecule has 8 nitrogen and oxygen atoms in total. The van der Waals surface area contributed by atoms with Crippen molar-refractivity contribution in [3.63, 3.8) is 0 Å². The number of hydrogen-bond acceptors (Lipinski definition) is 8. The first kappa shape index (κ1) is 18.3. The van der Waals surface area contributed by atoms with Gasteiger partial charge in [0.2, 0.25) is 24.3 Å². The Balaban J connectivity index is 2.32. The van der Waals surface area contributed by atoms with Crippen molar-refractivity contribution in [3.05, 3.63) is 47.5 Å². The summed E-state index contributed by atoms with van der Waals surface area (Å²) in [5, 5.41) is 0. The van der Waals surface area contributed by atoms with Gasteiger partial charge in [0.15, 0.2) is 0 Å². The molecule has 0 unspecified atom stereocenters. The van der Waals surface area contributed by atoms with E-state index in [1.807, 2.05) is 0 Å². The molecule has 26 heavy (non-hydrogen) atoms. The number of isocyanates is 4. The van der Waals surface area contributed by atoms with E-state index in [0.717, 1.165) is 11.1 Å². The number of aliphatic imine (C=N–C) groups is 4. The molecule has 0 N–H and O–H groups in total. The topological polar surface area (TPSA) is 118 Å². The minimum atomic E-state index is 0.317. The summed E-state index contributed by atoms with van der Waals surface area (Å²) in [6.45, 7) is 0. The third-order valence-corrected chi connectivity index (χ3v) is 3.33. The fourth-order valence-electron chi connectivity index (χ4n) is 2.36. The van der Waals surface area contributed by atoms with Crippen molar-refractivity contribution in [2.24, 2.45) is 20.0 Å². The largest absolute Gasteiger partial charge is 0.240 e. The Kier molecular flexibility index (Phi) is 6.55. The van der Waals surface area contributed by atoms with E-state index in [0.29, 0.717) is 35.6 Å². The zero-order valence-electron chi connectivity index (χ0n) is 13.3. The number of nitrogens with zero attached hydrogens (tertiary/aromatic N) is 4. The molecule has 126 valence electrons. The van der Waals surface area contributed by atoms with Gasteiger partial charge in [-0.25, -0.2) is 19.2 Å². The van der Waals surface area contributed by atoms with E-state index >= 15 is 0 Å². The van der Waals surface area contributed by atoms with E-state index in [2.05, 4.69) is 20.0 Å². The van der Waals surface area contributed by atoms with Gasteiger partial charge in [0.05, 0.1) is 22.7 Å². The third kappa shape index (κ3) is 5.25. The molecule has 0 atom stereocenters. The van der Waals surface area contributed by atoms with Gasteiger partial charge in [-0.15, -0.1) is 0 Å². The van der Waals surface area contributed by atoms with Gasteiger partial charge in [0, 0.05) is 0 Å². The number of benzene rings is 2. The Morgan fingerprint density at radius 3 is 1.00 bits per heavy atom. The van der Waals surface area contributed by atoms with Gasteiger partial charge in [-0.1, -0.05) is 0 Å². The van der Waals surface area contributed by atoms with Crippen LogP contribution in [0.15, 0.2) is 56.4 Å². The highest BCUT2D eigenvalue weighted by Gasteiger charge is 2.04. The molecule has 0 heterocycles. The zero-order chi connectivity index (χ0) is 18.8. The van der Waals surface area contributed by atoms with Crippen molar-refractivity contribution in [3.8, 4) is 0 Å². The molecule has 0 aliphatic carbocycles. The van der Waals surface area contributed by atoms with E-state index in [9.17, 15) is 19.2 Å². The normalized spacial score (nSPS) is 9.08. The van der Waals surface area contributed by atoms with Crippen LogP contribution in [-0.4, -0.2) is 24.3 Å². The van der Waals surface area contributed by atoms with E-state index in [4.69, 9.17) is 0 Å². The molecule has 8 heteroatoms. The minimum absolute atomic E-state index is 0.317. The molecule has 0 aliphatic heterocycles. The van der Waals surface area contributed by atoms with E-state index in [-0.39, 0.29) is 0 Å². The van der Waals surface area contributed by atoms with Crippen LogP contribution in [0.4, 0.5) is 22.7 Å². The molecule has 2 aromatic carbocycles. The maximum atomic E-state index is 10.4. The summed E-state index contributed by atoms with van der Waals surface area (Å²) in [6, 6.07) is 9.55. The molecule has 0 fully saturated rings. The number of hydrogen-bond donors (Lipinski definition) is 0. The second-order valence-corrected chi connectivity index (χ2v) is 5.03. The molecule has 0 radical (unpaired) electrons. The van der Waals surface area contributed by atoms with Gasteiger partial charge >= 0.3 is 0 Å². The molecular weight excluding hydrogens is 336 g/mol. The Hall–Kier alpha value is -4.04. The third-order valence-electron chi connectivity index (χ3n) is 3.33. The number of aryl methyl sites for hydroxylation is 2. The Morgan fingerprint density at radius 1 is 0.500 bits per heavy atom. The van der Waals surface area contributed by atoms with E-state index < -0.39 is 0 Å². The van der Waals surface area contributed by atoms with Crippen LogP contribution < -0.4 is 0 Å². The van der Waals surface area contributed by atoms with Crippen molar-refractivity contribution in [1.29, 1.82) is 0 Å². The summed E-state index contributed by atoms with van der Waals surface area (Å²) in [5.74, 6) is 0. The summed E-state index contributed by atoms with van der Waals surface area (Å²) in [7, 11) is 0. The lowest BCUT2D eigenvalue weighted by atomic mass is 10.0. The van der Waals surface area contributed by atoms with Gasteiger partial charge < -0.3 is 0 Å². The van der Waals surface area contributed by atoms with Crippen LogP contribution in [0.5, 0.6) is 0 Å².